The van der Waals surface area contributed by atoms with Crippen molar-refractivity contribution >= 4 is 11.4 Å². The summed E-state index contributed by atoms with van der Waals surface area (Å²) in [5, 5.41) is 7.05. The van der Waals surface area contributed by atoms with Crippen LogP contribution in [0, 0.1) is 5.92 Å². The first-order valence-electron chi connectivity index (χ1n) is 8.22. The Morgan fingerprint density at radius 2 is 1.55 bits per heavy atom. The van der Waals surface area contributed by atoms with Crippen molar-refractivity contribution in [3.63, 3.8) is 0 Å². The predicted octanol–water partition coefficient (Wildman–Crippen LogP) is 5.53. The third kappa shape index (κ3) is 7.42. The minimum atomic E-state index is 0.555. The van der Waals surface area contributed by atoms with E-state index >= 15 is 0 Å². The fourth-order valence-corrected chi connectivity index (χ4v) is 2.29. The molecule has 1 atom stereocenters. The minimum Gasteiger partial charge on any atom is -0.385 e. The lowest BCUT2D eigenvalue weighted by Crippen LogP contribution is -2.14. The second-order valence-electron chi connectivity index (χ2n) is 6.23. The Hall–Kier alpha value is -1.18. The van der Waals surface area contributed by atoms with Gasteiger partial charge in [-0.3, -0.25) is 0 Å². The summed E-state index contributed by atoms with van der Waals surface area (Å²) < 4.78 is 0. The quantitative estimate of drug-likeness (QED) is 0.549. The van der Waals surface area contributed by atoms with Gasteiger partial charge in [-0.25, -0.2) is 0 Å². The molecule has 0 aliphatic rings. The first-order valence-corrected chi connectivity index (χ1v) is 8.22. The van der Waals surface area contributed by atoms with E-state index in [1.807, 2.05) is 0 Å². The van der Waals surface area contributed by atoms with E-state index in [1.54, 1.807) is 0 Å². The molecule has 20 heavy (non-hydrogen) atoms. The summed E-state index contributed by atoms with van der Waals surface area (Å²) in [6.07, 6.45) is 6.34. The summed E-state index contributed by atoms with van der Waals surface area (Å²) in [7, 11) is 0. The monoisotopic (exact) mass is 276 g/mol. The highest BCUT2D eigenvalue weighted by atomic mass is 14.9. The summed E-state index contributed by atoms with van der Waals surface area (Å²) in [6.45, 7) is 10.1. The lowest BCUT2D eigenvalue weighted by atomic mass is 10.1. The van der Waals surface area contributed by atoms with E-state index in [9.17, 15) is 0 Å². The first-order chi connectivity index (χ1) is 9.61. The van der Waals surface area contributed by atoms with Crippen molar-refractivity contribution < 1.29 is 0 Å². The van der Waals surface area contributed by atoms with Gasteiger partial charge < -0.3 is 10.6 Å². The molecule has 0 aliphatic heterocycles. The molecular weight excluding hydrogens is 244 g/mol. The van der Waals surface area contributed by atoms with E-state index < -0.39 is 0 Å². The number of anilines is 2. The van der Waals surface area contributed by atoms with Crippen LogP contribution in [-0.2, 0) is 0 Å². The van der Waals surface area contributed by atoms with Crippen molar-refractivity contribution in [3.8, 4) is 0 Å². The normalized spacial score (nSPS) is 12.4. The highest BCUT2D eigenvalue weighted by Gasteiger charge is 2.01. The fraction of sp³-hybridized carbons (Fsp3) is 0.667. The lowest BCUT2D eigenvalue weighted by Gasteiger charge is -2.15. The Kier molecular flexibility index (Phi) is 8.17. The molecule has 2 nitrogen and oxygen atoms in total. The van der Waals surface area contributed by atoms with Crippen LogP contribution in [0.2, 0.25) is 0 Å². The molecule has 0 aliphatic carbocycles. The topological polar surface area (TPSA) is 24.1 Å². The van der Waals surface area contributed by atoms with E-state index in [1.165, 1.54) is 43.5 Å². The van der Waals surface area contributed by atoms with Gasteiger partial charge in [-0.1, -0.05) is 33.6 Å². The summed E-state index contributed by atoms with van der Waals surface area (Å²) in [5.41, 5.74) is 2.45. The molecule has 0 saturated carbocycles. The summed E-state index contributed by atoms with van der Waals surface area (Å²) in [6, 6.07) is 9.24. The van der Waals surface area contributed by atoms with Gasteiger partial charge in [0, 0.05) is 24.0 Å². The summed E-state index contributed by atoms with van der Waals surface area (Å²) in [4.78, 5) is 0. The molecule has 2 heteroatoms. The molecule has 0 amide bonds. The molecule has 0 saturated heterocycles. The predicted molar refractivity (Wildman–Crippen MR) is 91.6 cm³/mol. The second kappa shape index (κ2) is 9.68. The minimum absolute atomic E-state index is 0.555. The van der Waals surface area contributed by atoms with Gasteiger partial charge in [-0.15, -0.1) is 0 Å². The van der Waals surface area contributed by atoms with Crippen molar-refractivity contribution in [2.24, 2.45) is 5.92 Å². The molecule has 0 fully saturated rings. The van der Waals surface area contributed by atoms with Crippen LogP contribution in [0.5, 0.6) is 0 Å². The van der Waals surface area contributed by atoms with E-state index in [-0.39, 0.29) is 0 Å². The van der Waals surface area contributed by atoms with Crippen LogP contribution in [0.25, 0.3) is 0 Å². The molecule has 1 aromatic carbocycles. The number of nitrogens with one attached hydrogen (secondary N) is 2. The second-order valence-corrected chi connectivity index (χ2v) is 6.23. The molecule has 0 spiro atoms. The molecule has 1 aromatic rings. The van der Waals surface area contributed by atoms with Gasteiger partial charge in [0.2, 0.25) is 0 Å². The molecule has 2 N–H and O–H groups in total. The van der Waals surface area contributed by atoms with E-state index in [0.29, 0.717) is 6.04 Å². The Balaban J connectivity index is 2.29. The van der Waals surface area contributed by atoms with Crippen LogP contribution in [0.15, 0.2) is 24.3 Å². The van der Waals surface area contributed by atoms with Crippen LogP contribution in [0.4, 0.5) is 11.4 Å². The highest BCUT2D eigenvalue weighted by Crippen LogP contribution is 2.16. The standard InChI is InChI=1S/C18H32N2/c1-5-6-9-16(4)20-18-12-10-17(11-13-18)19-14-7-8-15(2)3/h10-13,15-16,19-20H,5-9,14H2,1-4H3. The average Bonchev–Trinajstić information content (AvgIpc) is 2.43. The molecular formula is C18H32N2. The van der Waals surface area contributed by atoms with Crippen LogP contribution >= 0.6 is 0 Å². The van der Waals surface area contributed by atoms with Gasteiger partial charge in [0.05, 0.1) is 0 Å². The van der Waals surface area contributed by atoms with Crippen LogP contribution < -0.4 is 10.6 Å². The SMILES string of the molecule is CCCCC(C)Nc1ccc(NCCCC(C)C)cc1. The van der Waals surface area contributed by atoms with Gasteiger partial charge in [-0.05, 0) is 56.4 Å². The number of unbranched alkanes of at least 4 members (excludes halogenated alkanes) is 1. The Morgan fingerprint density at radius 1 is 0.900 bits per heavy atom. The average molecular weight is 276 g/mol. The van der Waals surface area contributed by atoms with Crippen molar-refractivity contribution in [2.45, 2.75) is 65.8 Å². The number of rotatable bonds is 10. The van der Waals surface area contributed by atoms with Crippen LogP contribution in [-0.4, -0.2) is 12.6 Å². The lowest BCUT2D eigenvalue weighted by molar-refractivity contribution is 0.567. The molecule has 0 radical (unpaired) electrons. The van der Waals surface area contributed by atoms with E-state index in [4.69, 9.17) is 0 Å². The molecule has 114 valence electrons. The zero-order valence-corrected chi connectivity index (χ0v) is 13.7. The zero-order chi connectivity index (χ0) is 14.8. The van der Waals surface area contributed by atoms with Crippen LogP contribution in [0.1, 0.15) is 59.8 Å². The largest absolute Gasteiger partial charge is 0.385 e. The smallest absolute Gasteiger partial charge is 0.0343 e. The van der Waals surface area contributed by atoms with Crippen molar-refractivity contribution in [2.75, 3.05) is 17.2 Å². The Labute approximate surface area is 125 Å². The highest BCUT2D eigenvalue weighted by molar-refractivity contribution is 5.53. The third-order valence-corrected chi connectivity index (χ3v) is 3.58. The van der Waals surface area contributed by atoms with E-state index in [0.717, 1.165) is 12.5 Å². The fourth-order valence-electron chi connectivity index (χ4n) is 2.29. The zero-order valence-electron chi connectivity index (χ0n) is 13.7. The van der Waals surface area contributed by atoms with Crippen molar-refractivity contribution in [1.29, 1.82) is 0 Å². The number of hydrogen-bond donors (Lipinski definition) is 2. The molecule has 0 aromatic heterocycles. The number of benzene rings is 1. The molecule has 0 bridgehead atoms. The maximum atomic E-state index is 3.56. The summed E-state index contributed by atoms with van der Waals surface area (Å²) >= 11 is 0. The van der Waals surface area contributed by atoms with Gasteiger partial charge in [0.25, 0.3) is 0 Å². The Morgan fingerprint density at radius 3 is 2.15 bits per heavy atom. The maximum absolute atomic E-state index is 3.56. The number of hydrogen-bond acceptors (Lipinski definition) is 2. The molecule has 0 heterocycles. The Bertz CT molecular complexity index is 343. The van der Waals surface area contributed by atoms with Crippen molar-refractivity contribution in [3.05, 3.63) is 24.3 Å². The van der Waals surface area contributed by atoms with E-state index in [2.05, 4.69) is 62.6 Å². The third-order valence-electron chi connectivity index (χ3n) is 3.58. The summed E-state index contributed by atoms with van der Waals surface area (Å²) in [5.74, 6) is 0.799. The molecule has 1 unspecified atom stereocenters. The van der Waals surface area contributed by atoms with Crippen molar-refractivity contribution in [1.82, 2.24) is 0 Å². The van der Waals surface area contributed by atoms with Gasteiger partial charge >= 0.3 is 0 Å². The van der Waals surface area contributed by atoms with Gasteiger partial charge in [0.15, 0.2) is 0 Å². The van der Waals surface area contributed by atoms with Gasteiger partial charge in [0.1, 0.15) is 0 Å². The van der Waals surface area contributed by atoms with Crippen LogP contribution in [0.3, 0.4) is 0 Å². The van der Waals surface area contributed by atoms with Gasteiger partial charge in [-0.2, -0.15) is 0 Å². The molecule has 1 rings (SSSR count). The first kappa shape index (κ1) is 16.9. The maximum Gasteiger partial charge on any atom is 0.0343 e.